The molecule has 0 unspecified atom stereocenters. The molecule has 29 heavy (non-hydrogen) atoms. The highest BCUT2D eigenvalue weighted by Crippen LogP contribution is 2.41. The number of aromatic nitrogens is 1. The van der Waals surface area contributed by atoms with Gasteiger partial charge in [0.25, 0.3) is 0 Å². The fourth-order valence-corrected chi connectivity index (χ4v) is 4.30. The molecule has 4 nitrogen and oxygen atoms in total. The van der Waals surface area contributed by atoms with Gasteiger partial charge in [0.15, 0.2) is 5.11 Å². The van der Waals surface area contributed by atoms with E-state index in [-0.39, 0.29) is 17.9 Å². The van der Waals surface area contributed by atoms with Crippen LogP contribution in [0.4, 0.5) is 4.39 Å². The third kappa shape index (κ3) is 4.07. The third-order valence-corrected chi connectivity index (χ3v) is 5.72. The van der Waals surface area contributed by atoms with E-state index in [1.54, 1.807) is 18.3 Å². The normalized spacial score (nSPS) is 19.1. The molecule has 0 spiro atoms. The van der Waals surface area contributed by atoms with Crippen LogP contribution in [-0.2, 0) is 0 Å². The number of pyridine rings is 1. The van der Waals surface area contributed by atoms with Gasteiger partial charge in [0.2, 0.25) is 0 Å². The van der Waals surface area contributed by atoms with Gasteiger partial charge in [-0.15, -0.1) is 0 Å². The van der Waals surface area contributed by atoms with Crippen LogP contribution in [0.1, 0.15) is 37.4 Å². The Morgan fingerprint density at radius 1 is 1.24 bits per heavy atom. The first-order valence-electron chi connectivity index (χ1n) is 9.47. The molecular formula is C22H21BrFN3OS. The minimum Gasteiger partial charge on any atom is -0.459 e. The molecule has 2 atom stereocenters. The van der Waals surface area contributed by atoms with Gasteiger partial charge in [-0.05, 0) is 60.6 Å². The Kier molecular flexibility index (Phi) is 5.69. The quantitative estimate of drug-likeness (QED) is 0.469. The second kappa shape index (κ2) is 8.24. The molecule has 3 aromatic rings. The molecule has 1 N–H and O–H groups in total. The standard InChI is InChI=1S/C22H21BrFN3OS/c1-13(2)12-27-21(20(26-22(27)29)17-5-3-4-10-25-17)19-9-8-18(28-19)15-7-6-14(23)11-16(15)24/h3-11,13,20-21H,12H2,1-2H3,(H,26,29)/t20-,21+/m1/s1. The van der Waals surface area contributed by atoms with Gasteiger partial charge < -0.3 is 14.6 Å². The van der Waals surface area contributed by atoms with Crippen molar-refractivity contribution in [3.63, 3.8) is 0 Å². The first-order valence-corrected chi connectivity index (χ1v) is 10.7. The van der Waals surface area contributed by atoms with E-state index >= 15 is 0 Å². The SMILES string of the molecule is CC(C)CN1C(=S)N[C@H](c2ccccn2)[C@@H]1c1ccc(-c2ccc(Br)cc2F)o1. The summed E-state index contributed by atoms with van der Waals surface area (Å²) < 4.78 is 21.3. The average Bonchev–Trinajstić information content (AvgIpc) is 3.27. The van der Waals surface area contributed by atoms with Crippen LogP contribution in [0.2, 0.25) is 0 Å². The van der Waals surface area contributed by atoms with E-state index < -0.39 is 0 Å². The van der Waals surface area contributed by atoms with Crippen LogP contribution in [0, 0.1) is 11.7 Å². The Morgan fingerprint density at radius 3 is 2.76 bits per heavy atom. The van der Waals surface area contributed by atoms with Crippen LogP contribution < -0.4 is 5.32 Å². The smallest absolute Gasteiger partial charge is 0.170 e. The van der Waals surface area contributed by atoms with Crippen molar-refractivity contribution in [3.8, 4) is 11.3 Å². The van der Waals surface area contributed by atoms with Gasteiger partial charge in [-0.25, -0.2) is 4.39 Å². The maximum atomic E-state index is 14.4. The molecule has 0 amide bonds. The molecule has 1 saturated heterocycles. The summed E-state index contributed by atoms with van der Waals surface area (Å²) in [7, 11) is 0. The summed E-state index contributed by atoms with van der Waals surface area (Å²) in [4.78, 5) is 6.66. The number of nitrogens with one attached hydrogen (secondary N) is 1. The van der Waals surface area contributed by atoms with Gasteiger partial charge in [-0.2, -0.15) is 0 Å². The van der Waals surface area contributed by atoms with Crippen LogP contribution in [0.5, 0.6) is 0 Å². The Hall–Kier alpha value is -2.25. The van der Waals surface area contributed by atoms with Crippen molar-refractivity contribution < 1.29 is 8.81 Å². The number of thiocarbonyl (C=S) groups is 1. The molecule has 4 rings (SSSR count). The van der Waals surface area contributed by atoms with Crippen LogP contribution >= 0.6 is 28.1 Å². The van der Waals surface area contributed by atoms with E-state index in [1.807, 2.05) is 30.3 Å². The van der Waals surface area contributed by atoms with Crippen molar-refractivity contribution >= 4 is 33.3 Å². The van der Waals surface area contributed by atoms with Gasteiger partial charge in [-0.3, -0.25) is 4.98 Å². The lowest BCUT2D eigenvalue weighted by atomic mass is 10.0. The Labute approximate surface area is 183 Å². The zero-order chi connectivity index (χ0) is 20.5. The summed E-state index contributed by atoms with van der Waals surface area (Å²) in [5.41, 5.74) is 1.32. The van der Waals surface area contributed by atoms with Crippen molar-refractivity contribution in [2.45, 2.75) is 25.9 Å². The maximum absolute atomic E-state index is 14.4. The van der Waals surface area contributed by atoms with Crippen molar-refractivity contribution in [2.75, 3.05) is 6.54 Å². The summed E-state index contributed by atoms with van der Waals surface area (Å²) in [6, 6.07) is 14.2. The molecule has 0 bridgehead atoms. The second-order valence-electron chi connectivity index (χ2n) is 7.50. The fraction of sp³-hybridized carbons (Fsp3) is 0.273. The minimum absolute atomic E-state index is 0.142. The first-order chi connectivity index (χ1) is 13.9. The second-order valence-corrected chi connectivity index (χ2v) is 8.80. The average molecular weight is 474 g/mol. The number of hydrogen-bond donors (Lipinski definition) is 1. The molecule has 0 saturated carbocycles. The fourth-order valence-electron chi connectivity index (χ4n) is 3.65. The van der Waals surface area contributed by atoms with Crippen LogP contribution in [0.25, 0.3) is 11.3 Å². The van der Waals surface area contributed by atoms with Crippen LogP contribution in [0.15, 0.2) is 63.6 Å². The van der Waals surface area contributed by atoms with Crippen LogP contribution in [-0.4, -0.2) is 21.5 Å². The predicted octanol–water partition coefficient (Wildman–Crippen LogP) is 5.87. The largest absolute Gasteiger partial charge is 0.459 e. The molecule has 1 aliphatic heterocycles. The molecule has 2 aromatic heterocycles. The molecule has 3 heterocycles. The van der Waals surface area contributed by atoms with E-state index in [9.17, 15) is 4.39 Å². The number of rotatable bonds is 5. The summed E-state index contributed by atoms with van der Waals surface area (Å²) in [6.07, 6.45) is 1.77. The Balaban J connectivity index is 1.74. The number of benzene rings is 1. The molecule has 7 heteroatoms. The van der Waals surface area contributed by atoms with Crippen molar-refractivity contribution in [2.24, 2.45) is 5.92 Å². The Morgan fingerprint density at radius 2 is 2.07 bits per heavy atom. The van der Waals surface area contributed by atoms with E-state index in [2.05, 4.69) is 45.0 Å². The molecule has 0 radical (unpaired) electrons. The monoisotopic (exact) mass is 473 g/mol. The molecule has 0 aliphatic carbocycles. The van der Waals surface area contributed by atoms with Crippen molar-refractivity contribution in [1.82, 2.24) is 15.2 Å². The molecule has 150 valence electrons. The number of halogens is 2. The van der Waals surface area contributed by atoms with Crippen molar-refractivity contribution in [1.29, 1.82) is 0 Å². The molecule has 1 aromatic carbocycles. The molecule has 1 aliphatic rings. The predicted molar refractivity (Wildman–Crippen MR) is 119 cm³/mol. The van der Waals surface area contributed by atoms with Gasteiger partial charge in [0.1, 0.15) is 23.4 Å². The van der Waals surface area contributed by atoms with Gasteiger partial charge >= 0.3 is 0 Å². The van der Waals surface area contributed by atoms with Crippen molar-refractivity contribution in [3.05, 3.63) is 76.5 Å². The topological polar surface area (TPSA) is 41.3 Å². The van der Waals surface area contributed by atoms with Crippen LogP contribution in [0.3, 0.4) is 0 Å². The first kappa shape index (κ1) is 20.0. The van der Waals surface area contributed by atoms with Gasteiger partial charge in [-0.1, -0.05) is 35.8 Å². The number of furan rings is 1. The lowest BCUT2D eigenvalue weighted by Gasteiger charge is -2.27. The number of hydrogen-bond acceptors (Lipinski definition) is 3. The van der Waals surface area contributed by atoms with E-state index in [1.165, 1.54) is 6.07 Å². The zero-order valence-electron chi connectivity index (χ0n) is 16.1. The highest BCUT2D eigenvalue weighted by atomic mass is 79.9. The number of nitrogens with zero attached hydrogens (tertiary/aromatic N) is 2. The lowest BCUT2D eigenvalue weighted by molar-refractivity contribution is 0.253. The van der Waals surface area contributed by atoms with E-state index in [4.69, 9.17) is 16.6 Å². The minimum atomic E-state index is -0.333. The summed E-state index contributed by atoms with van der Waals surface area (Å²) in [6.45, 7) is 5.08. The highest BCUT2D eigenvalue weighted by Gasteiger charge is 2.41. The summed E-state index contributed by atoms with van der Waals surface area (Å²) in [5.74, 6) is 1.30. The van der Waals surface area contributed by atoms with E-state index in [0.29, 0.717) is 26.8 Å². The zero-order valence-corrected chi connectivity index (χ0v) is 18.5. The molecular weight excluding hydrogens is 453 g/mol. The third-order valence-electron chi connectivity index (χ3n) is 4.87. The summed E-state index contributed by atoms with van der Waals surface area (Å²) >= 11 is 8.92. The van der Waals surface area contributed by atoms with Gasteiger partial charge in [0, 0.05) is 17.2 Å². The highest BCUT2D eigenvalue weighted by molar-refractivity contribution is 9.10. The maximum Gasteiger partial charge on any atom is 0.170 e. The summed E-state index contributed by atoms with van der Waals surface area (Å²) in [5, 5.41) is 4.07. The lowest BCUT2D eigenvalue weighted by Crippen LogP contribution is -2.32. The molecule has 1 fully saturated rings. The van der Waals surface area contributed by atoms with E-state index in [0.717, 1.165) is 18.0 Å². The van der Waals surface area contributed by atoms with Gasteiger partial charge in [0.05, 0.1) is 17.3 Å². The Bertz CT molecular complexity index is 1020.